The van der Waals surface area contributed by atoms with Crippen LogP contribution in [0.5, 0.6) is 0 Å². The number of hydrogen-bond acceptors (Lipinski definition) is 3. The van der Waals surface area contributed by atoms with E-state index in [4.69, 9.17) is 4.74 Å². The van der Waals surface area contributed by atoms with E-state index in [2.05, 4.69) is 10.6 Å². The van der Waals surface area contributed by atoms with Crippen molar-refractivity contribution in [1.29, 1.82) is 0 Å². The van der Waals surface area contributed by atoms with Gasteiger partial charge < -0.3 is 19.9 Å². The minimum absolute atomic E-state index is 0.140. The van der Waals surface area contributed by atoms with E-state index < -0.39 is 0 Å². The Morgan fingerprint density at radius 1 is 0.971 bits per heavy atom. The summed E-state index contributed by atoms with van der Waals surface area (Å²) < 4.78 is 21.1. The van der Waals surface area contributed by atoms with Crippen molar-refractivity contribution in [3.8, 4) is 0 Å². The number of fused-ring (bicyclic) bond motifs is 1. The van der Waals surface area contributed by atoms with Crippen LogP contribution in [-0.2, 0) is 11.3 Å². The highest BCUT2D eigenvalue weighted by Gasteiger charge is 2.31. The van der Waals surface area contributed by atoms with E-state index >= 15 is 0 Å². The van der Waals surface area contributed by atoms with Gasteiger partial charge in [-0.15, -0.1) is 0 Å². The Morgan fingerprint density at radius 3 is 2.20 bits per heavy atom. The van der Waals surface area contributed by atoms with Gasteiger partial charge in [-0.25, -0.2) is 4.39 Å². The molecule has 0 fully saturated rings. The van der Waals surface area contributed by atoms with Crippen LogP contribution in [0.15, 0.2) is 60.7 Å². The lowest BCUT2D eigenvalue weighted by Gasteiger charge is -2.26. The lowest BCUT2D eigenvalue weighted by atomic mass is 10.0. The standard InChI is InChI=1S/C28H32FN3O3/c1-4-23(19-9-7-6-8-10-19)30-27(33)22-17-25(32-15-16-35-18(3)26(22)32)28(34)31-24(5-2)20-11-13-21(29)14-12-20/h6-14,17-18,23-24H,4-5,15-16H2,1-3H3,(H,30,33)(H,31,34). The predicted octanol–water partition coefficient (Wildman–Crippen LogP) is 5.48. The summed E-state index contributed by atoms with van der Waals surface area (Å²) >= 11 is 0. The van der Waals surface area contributed by atoms with Gasteiger partial charge in [0.05, 0.1) is 36.1 Å². The number of rotatable bonds is 8. The molecular formula is C28H32FN3O3. The summed E-state index contributed by atoms with van der Waals surface area (Å²) in [5.74, 6) is -0.821. The molecule has 3 unspecified atom stereocenters. The van der Waals surface area contributed by atoms with Gasteiger partial charge in [0.2, 0.25) is 0 Å². The fourth-order valence-corrected chi connectivity index (χ4v) is 4.70. The molecule has 2 N–H and O–H groups in total. The molecule has 6 nitrogen and oxygen atoms in total. The summed E-state index contributed by atoms with van der Waals surface area (Å²) in [7, 11) is 0. The van der Waals surface area contributed by atoms with Gasteiger partial charge in [0.15, 0.2) is 0 Å². The Kier molecular flexibility index (Phi) is 7.66. The van der Waals surface area contributed by atoms with E-state index in [1.54, 1.807) is 18.2 Å². The Bertz CT molecular complexity index is 1170. The molecule has 0 spiro atoms. The molecular weight excluding hydrogens is 445 g/mol. The quantitative estimate of drug-likeness (QED) is 0.451. The van der Waals surface area contributed by atoms with Crippen molar-refractivity contribution in [2.24, 2.45) is 0 Å². The summed E-state index contributed by atoms with van der Waals surface area (Å²) in [4.78, 5) is 26.8. The molecule has 35 heavy (non-hydrogen) atoms. The Morgan fingerprint density at radius 2 is 1.57 bits per heavy atom. The van der Waals surface area contributed by atoms with Crippen molar-refractivity contribution in [2.75, 3.05) is 6.61 Å². The lowest BCUT2D eigenvalue weighted by molar-refractivity contribution is 0.0309. The fourth-order valence-electron chi connectivity index (χ4n) is 4.70. The second kappa shape index (κ2) is 10.9. The van der Waals surface area contributed by atoms with Gasteiger partial charge in [-0.2, -0.15) is 0 Å². The predicted molar refractivity (Wildman–Crippen MR) is 133 cm³/mol. The zero-order valence-electron chi connectivity index (χ0n) is 20.4. The SMILES string of the molecule is CCC(NC(=O)c1cc(C(=O)NC(CC)c2ccc(F)cc2)n2c1C(C)OCC2)c1ccccc1. The van der Waals surface area contributed by atoms with E-state index in [-0.39, 0.29) is 35.8 Å². The molecule has 2 amide bonds. The van der Waals surface area contributed by atoms with Gasteiger partial charge in [-0.1, -0.05) is 56.3 Å². The molecule has 7 heteroatoms. The first-order chi connectivity index (χ1) is 16.9. The first-order valence-electron chi connectivity index (χ1n) is 12.2. The molecule has 0 aliphatic carbocycles. The lowest BCUT2D eigenvalue weighted by Crippen LogP contribution is -2.32. The normalized spacial score (nSPS) is 16.7. The minimum Gasteiger partial charge on any atom is -0.370 e. The number of halogens is 1. The summed E-state index contributed by atoms with van der Waals surface area (Å²) in [6.07, 6.45) is 1.07. The summed E-state index contributed by atoms with van der Waals surface area (Å²) in [6.45, 7) is 6.83. The zero-order chi connectivity index (χ0) is 24.9. The molecule has 0 saturated carbocycles. The zero-order valence-corrected chi connectivity index (χ0v) is 20.4. The molecule has 3 atom stereocenters. The number of hydrogen-bond donors (Lipinski definition) is 2. The monoisotopic (exact) mass is 477 g/mol. The van der Waals surface area contributed by atoms with Crippen LogP contribution in [0.1, 0.15) is 89.5 Å². The Labute approximate surface area is 205 Å². The smallest absolute Gasteiger partial charge is 0.268 e. The van der Waals surface area contributed by atoms with Crippen LogP contribution in [0.3, 0.4) is 0 Å². The number of ether oxygens (including phenoxy) is 1. The highest BCUT2D eigenvalue weighted by Crippen LogP contribution is 2.30. The molecule has 4 rings (SSSR count). The van der Waals surface area contributed by atoms with Crippen molar-refractivity contribution in [3.05, 3.63) is 94.6 Å². The molecule has 184 valence electrons. The average Bonchev–Trinajstić information content (AvgIpc) is 3.28. The topological polar surface area (TPSA) is 72.4 Å². The average molecular weight is 478 g/mol. The van der Waals surface area contributed by atoms with E-state index in [0.29, 0.717) is 36.5 Å². The molecule has 0 radical (unpaired) electrons. The summed E-state index contributed by atoms with van der Waals surface area (Å²) in [6, 6.07) is 17.2. The number of carbonyl (C=O) groups is 2. The molecule has 1 aliphatic heterocycles. The second-order valence-corrected chi connectivity index (χ2v) is 8.82. The van der Waals surface area contributed by atoms with Crippen molar-refractivity contribution >= 4 is 11.8 Å². The number of aromatic nitrogens is 1. The van der Waals surface area contributed by atoms with E-state index in [0.717, 1.165) is 17.5 Å². The van der Waals surface area contributed by atoms with Gasteiger partial charge >= 0.3 is 0 Å². The maximum absolute atomic E-state index is 13.4. The van der Waals surface area contributed by atoms with Crippen LogP contribution >= 0.6 is 0 Å². The van der Waals surface area contributed by atoms with Gasteiger partial charge in [-0.3, -0.25) is 9.59 Å². The molecule has 2 aromatic carbocycles. The summed E-state index contributed by atoms with van der Waals surface area (Å²) in [5, 5.41) is 6.19. The van der Waals surface area contributed by atoms with Gasteiger partial charge in [0.1, 0.15) is 11.5 Å². The third-order valence-electron chi connectivity index (χ3n) is 6.59. The largest absolute Gasteiger partial charge is 0.370 e. The third kappa shape index (κ3) is 5.30. The number of nitrogens with one attached hydrogen (secondary N) is 2. The van der Waals surface area contributed by atoms with Crippen LogP contribution in [-0.4, -0.2) is 23.0 Å². The molecule has 0 saturated heterocycles. The van der Waals surface area contributed by atoms with Crippen molar-refractivity contribution in [3.63, 3.8) is 0 Å². The van der Waals surface area contributed by atoms with Crippen LogP contribution in [0.4, 0.5) is 4.39 Å². The number of nitrogens with zero attached hydrogens (tertiary/aromatic N) is 1. The minimum atomic E-state index is -0.318. The van der Waals surface area contributed by atoms with Crippen LogP contribution in [0.25, 0.3) is 0 Å². The van der Waals surface area contributed by atoms with Gasteiger partial charge in [-0.05, 0) is 49.1 Å². The number of amides is 2. The maximum Gasteiger partial charge on any atom is 0.268 e. The van der Waals surface area contributed by atoms with E-state index in [1.807, 2.05) is 55.7 Å². The van der Waals surface area contributed by atoms with Gasteiger partial charge in [0, 0.05) is 6.54 Å². The first-order valence-corrected chi connectivity index (χ1v) is 12.2. The van der Waals surface area contributed by atoms with Crippen LogP contribution < -0.4 is 10.6 Å². The van der Waals surface area contributed by atoms with Gasteiger partial charge in [0.25, 0.3) is 11.8 Å². The highest BCUT2D eigenvalue weighted by molar-refractivity contribution is 6.01. The maximum atomic E-state index is 13.4. The molecule has 3 aromatic rings. The van der Waals surface area contributed by atoms with Crippen LogP contribution in [0.2, 0.25) is 0 Å². The third-order valence-corrected chi connectivity index (χ3v) is 6.59. The van der Waals surface area contributed by atoms with Crippen molar-refractivity contribution < 1.29 is 18.7 Å². The number of benzene rings is 2. The van der Waals surface area contributed by atoms with E-state index in [1.165, 1.54) is 12.1 Å². The van der Waals surface area contributed by atoms with Crippen LogP contribution in [0, 0.1) is 5.82 Å². The number of carbonyl (C=O) groups excluding carboxylic acids is 2. The molecule has 2 heterocycles. The molecule has 1 aromatic heterocycles. The first kappa shape index (κ1) is 24.7. The Balaban J connectivity index is 1.62. The second-order valence-electron chi connectivity index (χ2n) is 8.82. The summed E-state index contributed by atoms with van der Waals surface area (Å²) in [5.41, 5.74) is 3.44. The van der Waals surface area contributed by atoms with E-state index in [9.17, 15) is 14.0 Å². The molecule has 1 aliphatic rings. The van der Waals surface area contributed by atoms with Crippen molar-refractivity contribution in [1.82, 2.24) is 15.2 Å². The fraction of sp³-hybridized carbons (Fsp3) is 0.357. The molecule has 0 bridgehead atoms. The highest BCUT2D eigenvalue weighted by atomic mass is 19.1. The Hall–Kier alpha value is -3.45. The van der Waals surface area contributed by atoms with Crippen molar-refractivity contribution in [2.45, 2.75) is 58.3 Å².